The summed E-state index contributed by atoms with van der Waals surface area (Å²) < 4.78 is 4.71. The molecule has 0 aliphatic carbocycles. The Morgan fingerprint density at radius 2 is 2.00 bits per heavy atom. The molecule has 1 fully saturated rings. The number of aliphatic hydroxyl groups excluding tert-OH is 4. The van der Waals surface area contributed by atoms with Crippen molar-refractivity contribution in [2.75, 3.05) is 6.61 Å². The van der Waals surface area contributed by atoms with Crippen molar-refractivity contribution in [1.82, 2.24) is 0 Å². The van der Waals surface area contributed by atoms with Crippen molar-refractivity contribution in [3.63, 3.8) is 0 Å². The number of hydrogen-bond donors (Lipinski definition) is 5. The monoisotopic (exact) mass is 179 g/mol. The largest absolute Gasteiger partial charge is 0.394 e. The third-order valence-electron chi connectivity index (χ3n) is 1.92. The molecule has 0 aromatic heterocycles. The molecule has 6 nitrogen and oxygen atoms in total. The molecule has 0 spiro atoms. The van der Waals surface area contributed by atoms with Crippen LogP contribution in [0.25, 0.3) is 0 Å². The average molecular weight is 179 g/mol. The molecule has 1 aliphatic rings. The zero-order chi connectivity index (χ0) is 9.30. The summed E-state index contributed by atoms with van der Waals surface area (Å²) >= 11 is 0. The summed E-state index contributed by atoms with van der Waals surface area (Å²) in [6.45, 7) is -0.541. The van der Waals surface area contributed by atoms with E-state index < -0.39 is 37.3 Å². The van der Waals surface area contributed by atoms with Gasteiger partial charge in [0.05, 0.1) is 12.6 Å². The second-order valence-electron chi connectivity index (χ2n) is 2.81. The summed E-state index contributed by atoms with van der Waals surface area (Å²) in [7, 11) is 0. The minimum absolute atomic E-state index is 0.541. The van der Waals surface area contributed by atoms with Crippen LogP contribution in [-0.4, -0.2) is 57.7 Å². The lowest BCUT2D eigenvalue weighted by Gasteiger charge is -2.18. The van der Waals surface area contributed by atoms with Gasteiger partial charge in [0.2, 0.25) is 0 Å². The quantitative estimate of drug-likeness (QED) is 0.304. The Kier molecular flexibility index (Phi) is 2.99. The van der Waals surface area contributed by atoms with Gasteiger partial charge in [-0.3, -0.25) is 0 Å². The van der Waals surface area contributed by atoms with E-state index in [9.17, 15) is 5.11 Å². The van der Waals surface area contributed by atoms with E-state index in [0.717, 1.165) is 0 Å². The first-order valence-corrected chi connectivity index (χ1v) is 3.64. The molecule has 72 valence electrons. The van der Waals surface area contributed by atoms with E-state index in [1.165, 1.54) is 0 Å². The molecule has 0 unspecified atom stereocenters. The minimum atomic E-state index is -1.29. The first kappa shape index (κ1) is 9.85. The minimum Gasteiger partial charge on any atom is -0.394 e. The Labute approximate surface area is 69.2 Å². The van der Waals surface area contributed by atoms with Crippen LogP contribution in [0.2, 0.25) is 0 Å². The lowest BCUT2D eigenvalue weighted by Crippen LogP contribution is -2.44. The normalized spacial score (nSPS) is 44.8. The molecule has 0 aromatic rings. The standard InChI is InChI=1S/C6H13NO5/c7-3-4(10)5(2(9)1-8)12-6(3)11/h2-6,8-11H,1,7H2/t2-,3-,4-,5-,6+/m1/s1. The number of aliphatic hydroxyl groups is 4. The van der Waals surface area contributed by atoms with Gasteiger partial charge in [0, 0.05) is 0 Å². The van der Waals surface area contributed by atoms with Crippen LogP contribution in [0.1, 0.15) is 0 Å². The molecule has 0 aromatic carbocycles. The molecule has 0 bridgehead atoms. The van der Waals surface area contributed by atoms with Crippen molar-refractivity contribution in [2.45, 2.75) is 30.6 Å². The van der Waals surface area contributed by atoms with Gasteiger partial charge >= 0.3 is 0 Å². The fraction of sp³-hybridized carbons (Fsp3) is 1.00. The van der Waals surface area contributed by atoms with E-state index in [0.29, 0.717) is 0 Å². The first-order valence-electron chi connectivity index (χ1n) is 3.64. The molecule has 6 N–H and O–H groups in total. The summed E-state index contributed by atoms with van der Waals surface area (Å²) in [6, 6.07) is -0.934. The van der Waals surface area contributed by atoms with Gasteiger partial charge in [-0.25, -0.2) is 0 Å². The Morgan fingerprint density at radius 3 is 2.33 bits per heavy atom. The van der Waals surface area contributed by atoms with Crippen LogP contribution >= 0.6 is 0 Å². The molecular formula is C6H13NO5. The second-order valence-corrected chi connectivity index (χ2v) is 2.81. The Bertz CT molecular complexity index is 155. The van der Waals surface area contributed by atoms with Crippen molar-refractivity contribution >= 4 is 0 Å². The van der Waals surface area contributed by atoms with E-state index in [1.54, 1.807) is 0 Å². The first-order chi connectivity index (χ1) is 5.57. The van der Waals surface area contributed by atoms with Gasteiger partial charge in [0.15, 0.2) is 6.29 Å². The third-order valence-corrected chi connectivity index (χ3v) is 1.92. The molecule has 6 heteroatoms. The maximum Gasteiger partial charge on any atom is 0.173 e. The van der Waals surface area contributed by atoms with E-state index in [-0.39, 0.29) is 0 Å². The van der Waals surface area contributed by atoms with Gasteiger partial charge in [-0.15, -0.1) is 0 Å². The van der Waals surface area contributed by atoms with Crippen LogP contribution in [0.3, 0.4) is 0 Å². The van der Waals surface area contributed by atoms with Crippen LogP contribution in [0.4, 0.5) is 0 Å². The smallest absolute Gasteiger partial charge is 0.173 e. The van der Waals surface area contributed by atoms with E-state index >= 15 is 0 Å². The molecule has 0 saturated carbocycles. The fourth-order valence-corrected chi connectivity index (χ4v) is 1.14. The van der Waals surface area contributed by atoms with Crippen molar-refractivity contribution in [3.05, 3.63) is 0 Å². The predicted molar refractivity (Wildman–Crippen MR) is 38.0 cm³/mol. The van der Waals surface area contributed by atoms with E-state index in [1.807, 2.05) is 0 Å². The summed E-state index contributed by atoms with van der Waals surface area (Å²) in [5, 5.41) is 35.8. The molecule has 5 atom stereocenters. The SMILES string of the molecule is N[C@@H]1[C@@H](O)[C@@H]([C@H](O)CO)O[C@@H]1O. The van der Waals surface area contributed by atoms with Gasteiger partial charge in [-0.05, 0) is 0 Å². The molecular weight excluding hydrogens is 166 g/mol. The molecule has 1 aliphatic heterocycles. The Hall–Kier alpha value is -0.240. The maximum absolute atomic E-state index is 9.25. The van der Waals surface area contributed by atoms with Crippen molar-refractivity contribution in [2.24, 2.45) is 5.73 Å². The van der Waals surface area contributed by atoms with Crippen LogP contribution in [0.5, 0.6) is 0 Å². The van der Waals surface area contributed by atoms with Crippen molar-refractivity contribution < 1.29 is 25.2 Å². The highest BCUT2D eigenvalue weighted by Gasteiger charge is 2.43. The van der Waals surface area contributed by atoms with Crippen molar-refractivity contribution in [3.8, 4) is 0 Å². The molecule has 1 heterocycles. The Balaban J connectivity index is 2.58. The summed E-state index contributed by atoms with van der Waals surface area (Å²) in [6.07, 6.45) is -4.67. The number of hydrogen-bond acceptors (Lipinski definition) is 6. The second kappa shape index (κ2) is 3.65. The van der Waals surface area contributed by atoms with E-state index in [4.69, 9.17) is 25.8 Å². The van der Waals surface area contributed by atoms with Crippen LogP contribution in [0, 0.1) is 0 Å². The van der Waals surface area contributed by atoms with Gasteiger partial charge in [-0.1, -0.05) is 0 Å². The van der Waals surface area contributed by atoms with Gasteiger partial charge in [0.25, 0.3) is 0 Å². The number of rotatable bonds is 2. The topological polar surface area (TPSA) is 116 Å². The fourth-order valence-electron chi connectivity index (χ4n) is 1.14. The van der Waals surface area contributed by atoms with Crippen LogP contribution in [-0.2, 0) is 4.74 Å². The molecule has 12 heavy (non-hydrogen) atoms. The highest BCUT2D eigenvalue weighted by atomic mass is 16.6. The van der Waals surface area contributed by atoms with Crippen LogP contribution in [0.15, 0.2) is 0 Å². The highest BCUT2D eigenvalue weighted by molar-refractivity contribution is 4.92. The van der Waals surface area contributed by atoms with Gasteiger partial charge in [-0.2, -0.15) is 0 Å². The van der Waals surface area contributed by atoms with E-state index in [2.05, 4.69) is 0 Å². The molecule has 0 radical (unpaired) electrons. The van der Waals surface area contributed by atoms with Crippen molar-refractivity contribution in [1.29, 1.82) is 0 Å². The highest BCUT2D eigenvalue weighted by Crippen LogP contribution is 2.20. The lowest BCUT2D eigenvalue weighted by molar-refractivity contribution is -0.138. The maximum atomic E-state index is 9.25. The van der Waals surface area contributed by atoms with Gasteiger partial charge < -0.3 is 30.9 Å². The molecule has 1 rings (SSSR count). The summed E-state index contributed by atoms with van der Waals surface area (Å²) in [5.41, 5.74) is 5.29. The predicted octanol–water partition coefficient (Wildman–Crippen LogP) is -3.26. The summed E-state index contributed by atoms with van der Waals surface area (Å²) in [4.78, 5) is 0. The zero-order valence-electron chi connectivity index (χ0n) is 6.37. The number of ether oxygens (including phenoxy) is 1. The number of nitrogens with two attached hydrogens (primary N) is 1. The zero-order valence-corrected chi connectivity index (χ0v) is 6.37. The van der Waals surface area contributed by atoms with Gasteiger partial charge in [0.1, 0.15) is 18.3 Å². The molecule has 0 amide bonds. The molecule has 1 saturated heterocycles. The van der Waals surface area contributed by atoms with Crippen LogP contribution < -0.4 is 5.73 Å². The lowest BCUT2D eigenvalue weighted by atomic mass is 10.1. The summed E-state index contributed by atoms with van der Waals surface area (Å²) in [5.74, 6) is 0. The average Bonchev–Trinajstić information content (AvgIpc) is 2.32. The Morgan fingerprint density at radius 1 is 1.42 bits per heavy atom. The third kappa shape index (κ3) is 1.58.